The third kappa shape index (κ3) is 2.78. The Morgan fingerprint density at radius 2 is 1.62 bits per heavy atom. The lowest BCUT2D eigenvalue weighted by Gasteiger charge is -2.18. The third-order valence-electron chi connectivity index (χ3n) is 3.35. The Labute approximate surface area is 129 Å². The average molecular weight is 293 g/mol. The van der Waals surface area contributed by atoms with Gasteiger partial charge in [-0.2, -0.15) is 0 Å². The summed E-state index contributed by atoms with van der Waals surface area (Å²) in [5, 5.41) is 2.09. The van der Waals surface area contributed by atoms with E-state index >= 15 is 0 Å². The maximum atomic E-state index is 4.62. The van der Waals surface area contributed by atoms with E-state index in [1.807, 2.05) is 18.3 Å². The minimum absolute atomic E-state index is 1.04. The predicted octanol–water partition coefficient (Wildman–Crippen LogP) is 4.82. The van der Waals surface area contributed by atoms with Gasteiger partial charge in [0.2, 0.25) is 11.3 Å². The van der Waals surface area contributed by atoms with Crippen LogP contribution in [-0.2, 0) is 0 Å². The molecule has 0 amide bonds. The SMILES string of the molecule is CN(C)c1ccccc1-c1cccnc1-c1cccc[s+]1. The summed E-state index contributed by atoms with van der Waals surface area (Å²) in [4.78, 5) is 7.94. The van der Waals surface area contributed by atoms with Crippen molar-refractivity contribution in [3.8, 4) is 21.7 Å². The highest BCUT2D eigenvalue weighted by Gasteiger charge is 2.17. The third-order valence-corrected chi connectivity index (χ3v) is 4.23. The summed E-state index contributed by atoms with van der Waals surface area (Å²) in [6.07, 6.45) is 1.86. The van der Waals surface area contributed by atoms with Gasteiger partial charge in [-0.25, -0.2) is 0 Å². The second kappa shape index (κ2) is 6.02. The lowest BCUT2D eigenvalue weighted by molar-refractivity contribution is 1.13. The summed E-state index contributed by atoms with van der Waals surface area (Å²) in [6, 6.07) is 18.8. The molecule has 0 aliphatic rings. The van der Waals surface area contributed by atoms with Gasteiger partial charge in [0.25, 0.3) is 4.88 Å². The quantitative estimate of drug-likeness (QED) is 0.643. The first kappa shape index (κ1) is 13.7. The van der Waals surface area contributed by atoms with Gasteiger partial charge in [-0.15, -0.1) is 0 Å². The Kier molecular flexibility index (Phi) is 3.93. The molecular formula is C18H17N2S+. The summed E-state index contributed by atoms with van der Waals surface area (Å²) in [7, 11) is 4.14. The summed E-state index contributed by atoms with van der Waals surface area (Å²) in [5.41, 5.74) is 4.62. The van der Waals surface area contributed by atoms with Gasteiger partial charge in [-0.3, -0.25) is 4.98 Å². The molecule has 2 aromatic heterocycles. The van der Waals surface area contributed by atoms with Crippen molar-refractivity contribution < 1.29 is 0 Å². The molecule has 2 nitrogen and oxygen atoms in total. The minimum atomic E-state index is 1.04. The molecule has 0 bridgehead atoms. The van der Waals surface area contributed by atoms with Crippen molar-refractivity contribution in [2.24, 2.45) is 0 Å². The van der Waals surface area contributed by atoms with Crippen LogP contribution in [0.15, 0.2) is 66.2 Å². The Balaban J connectivity index is 2.21. The Morgan fingerprint density at radius 3 is 2.38 bits per heavy atom. The van der Waals surface area contributed by atoms with Crippen LogP contribution in [0.3, 0.4) is 0 Å². The highest BCUT2D eigenvalue weighted by molar-refractivity contribution is 7.13. The largest absolute Gasteiger partial charge is 0.377 e. The zero-order valence-electron chi connectivity index (χ0n) is 12.2. The number of pyridine rings is 1. The van der Waals surface area contributed by atoms with E-state index in [-0.39, 0.29) is 0 Å². The molecule has 0 saturated carbocycles. The molecular weight excluding hydrogens is 276 g/mol. The Morgan fingerprint density at radius 1 is 0.857 bits per heavy atom. The van der Waals surface area contributed by atoms with E-state index in [2.05, 4.69) is 71.8 Å². The van der Waals surface area contributed by atoms with E-state index in [1.54, 1.807) is 11.3 Å². The van der Waals surface area contributed by atoms with E-state index in [4.69, 9.17) is 0 Å². The number of hydrogen-bond donors (Lipinski definition) is 0. The smallest absolute Gasteiger partial charge is 0.256 e. The lowest BCUT2D eigenvalue weighted by atomic mass is 10.0. The van der Waals surface area contributed by atoms with E-state index in [1.165, 1.54) is 21.7 Å². The van der Waals surface area contributed by atoms with Gasteiger partial charge in [0.1, 0.15) is 5.69 Å². The predicted molar refractivity (Wildman–Crippen MR) is 91.7 cm³/mol. The molecule has 2 heterocycles. The summed E-state index contributed by atoms with van der Waals surface area (Å²) >= 11 is 1.71. The van der Waals surface area contributed by atoms with Crippen LogP contribution in [0, 0.1) is 0 Å². The minimum Gasteiger partial charge on any atom is -0.377 e. The Hall–Kier alpha value is -2.26. The van der Waals surface area contributed by atoms with Crippen LogP contribution in [0.4, 0.5) is 5.69 Å². The highest BCUT2D eigenvalue weighted by atomic mass is 32.1. The van der Waals surface area contributed by atoms with Crippen LogP contribution in [0.1, 0.15) is 0 Å². The highest BCUT2D eigenvalue weighted by Crippen LogP contribution is 2.36. The van der Waals surface area contributed by atoms with Crippen LogP contribution >= 0.6 is 11.3 Å². The maximum absolute atomic E-state index is 4.62. The lowest BCUT2D eigenvalue weighted by Crippen LogP contribution is -2.10. The first-order valence-corrected chi connectivity index (χ1v) is 7.74. The average Bonchev–Trinajstić information content (AvgIpc) is 2.55. The van der Waals surface area contributed by atoms with Gasteiger partial charge < -0.3 is 4.90 Å². The van der Waals surface area contributed by atoms with Crippen LogP contribution in [0.25, 0.3) is 21.7 Å². The van der Waals surface area contributed by atoms with Gasteiger partial charge >= 0.3 is 0 Å². The fourth-order valence-corrected chi connectivity index (χ4v) is 3.13. The first-order chi connectivity index (χ1) is 10.3. The van der Waals surface area contributed by atoms with E-state index in [9.17, 15) is 0 Å². The van der Waals surface area contributed by atoms with E-state index in [0.717, 1.165) is 5.69 Å². The second-order valence-electron chi connectivity index (χ2n) is 4.98. The zero-order valence-corrected chi connectivity index (χ0v) is 13.0. The molecule has 104 valence electrons. The second-order valence-corrected chi connectivity index (χ2v) is 5.93. The monoisotopic (exact) mass is 293 g/mol. The number of para-hydroxylation sites is 1. The molecule has 0 unspecified atom stereocenters. The molecule has 0 fully saturated rings. The van der Waals surface area contributed by atoms with Crippen molar-refractivity contribution in [1.82, 2.24) is 4.98 Å². The number of benzene rings is 1. The Bertz CT molecular complexity index is 739. The normalized spacial score (nSPS) is 10.4. The van der Waals surface area contributed by atoms with Crippen LogP contribution in [0.5, 0.6) is 0 Å². The zero-order chi connectivity index (χ0) is 14.7. The molecule has 3 heteroatoms. The molecule has 0 aliphatic carbocycles. The molecule has 3 rings (SSSR count). The molecule has 0 atom stereocenters. The van der Waals surface area contributed by atoms with Crippen molar-refractivity contribution >= 4 is 17.0 Å². The van der Waals surface area contributed by atoms with Crippen molar-refractivity contribution in [1.29, 1.82) is 0 Å². The van der Waals surface area contributed by atoms with Crippen molar-refractivity contribution in [3.05, 3.63) is 66.2 Å². The number of aromatic nitrogens is 1. The molecule has 0 radical (unpaired) electrons. The molecule has 1 aromatic carbocycles. The molecule has 0 aliphatic heterocycles. The van der Waals surface area contributed by atoms with Crippen LogP contribution in [0.2, 0.25) is 0 Å². The summed E-state index contributed by atoms with van der Waals surface area (Å²) < 4.78 is 0. The topological polar surface area (TPSA) is 16.1 Å². The maximum Gasteiger partial charge on any atom is 0.256 e. The molecule has 0 saturated heterocycles. The van der Waals surface area contributed by atoms with Crippen LogP contribution < -0.4 is 4.90 Å². The van der Waals surface area contributed by atoms with Crippen molar-refractivity contribution in [2.75, 3.05) is 19.0 Å². The van der Waals surface area contributed by atoms with Gasteiger partial charge in [0.15, 0.2) is 5.38 Å². The standard InChI is InChI=1S/C18H17N2S/c1-20(2)16-10-4-3-8-14(16)15-9-7-12-19-18(15)17-11-5-6-13-21-17/h3-13H,1-2H3/q+1. The van der Waals surface area contributed by atoms with E-state index in [0.29, 0.717) is 0 Å². The fraction of sp³-hybridized carbons (Fsp3) is 0.111. The molecule has 0 N–H and O–H groups in total. The molecule has 0 spiro atoms. The van der Waals surface area contributed by atoms with Gasteiger partial charge in [0.05, 0.1) is 0 Å². The van der Waals surface area contributed by atoms with Gasteiger partial charge in [-0.05, 0) is 18.2 Å². The number of nitrogens with zero attached hydrogens (tertiary/aromatic N) is 2. The molecule has 21 heavy (non-hydrogen) atoms. The first-order valence-electron chi connectivity index (χ1n) is 6.86. The summed E-state index contributed by atoms with van der Waals surface area (Å²) in [6.45, 7) is 0. The van der Waals surface area contributed by atoms with Gasteiger partial charge in [-0.1, -0.05) is 30.3 Å². The fourth-order valence-electron chi connectivity index (χ4n) is 2.39. The van der Waals surface area contributed by atoms with Crippen molar-refractivity contribution in [3.63, 3.8) is 0 Å². The number of anilines is 1. The summed E-state index contributed by atoms with van der Waals surface area (Å²) in [5.74, 6) is 0. The van der Waals surface area contributed by atoms with Crippen LogP contribution in [-0.4, -0.2) is 19.1 Å². The number of rotatable bonds is 3. The van der Waals surface area contributed by atoms with Crippen molar-refractivity contribution in [2.45, 2.75) is 0 Å². The van der Waals surface area contributed by atoms with E-state index < -0.39 is 0 Å². The number of hydrogen-bond acceptors (Lipinski definition) is 2. The molecule has 3 aromatic rings. The van der Waals surface area contributed by atoms with Gasteiger partial charge in [0, 0.05) is 43.2 Å².